The number of hydrogen-bond donors (Lipinski definition) is 1. The first-order valence-corrected chi connectivity index (χ1v) is 7.31. The van der Waals surface area contributed by atoms with Crippen molar-refractivity contribution in [3.63, 3.8) is 0 Å². The van der Waals surface area contributed by atoms with Crippen molar-refractivity contribution in [1.29, 1.82) is 0 Å². The minimum atomic E-state index is -1.00. The summed E-state index contributed by atoms with van der Waals surface area (Å²) in [6.45, 7) is 0.298. The molecular formula is C15H16BrNO4. The predicted octanol–water partition coefficient (Wildman–Crippen LogP) is 2.16. The molecule has 1 N–H and O–H groups in total. The molecule has 1 saturated heterocycles. The van der Waals surface area contributed by atoms with E-state index >= 15 is 0 Å². The third kappa shape index (κ3) is 3.71. The molecule has 21 heavy (non-hydrogen) atoms. The summed E-state index contributed by atoms with van der Waals surface area (Å²) in [6.07, 6.45) is 3.16. The van der Waals surface area contributed by atoms with Gasteiger partial charge in [0.2, 0.25) is 5.91 Å². The topological polar surface area (TPSA) is 66.8 Å². The van der Waals surface area contributed by atoms with Crippen LogP contribution in [0.3, 0.4) is 0 Å². The maximum atomic E-state index is 12.2. The second kappa shape index (κ2) is 6.87. The Morgan fingerprint density at radius 3 is 2.76 bits per heavy atom. The molecule has 1 aromatic carbocycles. The van der Waals surface area contributed by atoms with E-state index in [2.05, 4.69) is 15.9 Å². The van der Waals surface area contributed by atoms with Crippen LogP contribution < -0.4 is 0 Å². The third-order valence-electron chi connectivity index (χ3n) is 3.47. The summed E-state index contributed by atoms with van der Waals surface area (Å²) in [5, 5.41) is 9.19. The highest BCUT2D eigenvalue weighted by Gasteiger charge is 2.38. The largest absolute Gasteiger partial charge is 0.480 e. The molecule has 1 aliphatic rings. The maximum absolute atomic E-state index is 12.2. The maximum Gasteiger partial charge on any atom is 0.326 e. The molecule has 2 unspecified atom stereocenters. The van der Waals surface area contributed by atoms with Crippen molar-refractivity contribution < 1.29 is 19.4 Å². The summed E-state index contributed by atoms with van der Waals surface area (Å²) in [5.41, 5.74) is 0.861. The Bertz CT molecular complexity index is 573. The number of benzene rings is 1. The van der Waals surface area contributed by atoms with Crippen molar-refractivity contribution in [3.05, 3.63) is 40.4 Å². The molecule has 0 spiro atoms. The second-order valence-corrected chi connectivity index (χ2v) is 5.65. The zero-order valence-corrected chi connectivity index (χ0v) is 13.1. The molecule has 6 heteroatoms. The lowest BCUT2D eigenvalue weighted by Crippen LogP contribution is -2.39. The van der Waals surface area contributed by atoms with E-state index in [1.54, 1.807) is 6.08 Å². The quantitative estimate of drug-likeness (QED) is 0.842. The fourth-order valence-corrected chi connectivity index (χ4v) is 2.73. The standard InChI is InChI=1S/C15H16BrNO4/c1-21-11-8-13(15(19)20)17(9-11)14(18)7-6-10-4-2-3-5-12(10)16/h2-7,11,13H,8-9H2,1H3,(H,19,20)/b7-6+. The number of carboxylic acid groups (broad SMARTS) is 1. The fourth-order valence-electron chi connectivity index (χ4n) is 2.31. The normalized spacial score (nSPS) is 21.9. The highest BCUT2D eigenvalue weighted by molar-refractivity contribution is 9.10. The van der Waals surface area contributed by atoms with Crippen LogP contribution in [-0.2, 0) is 14.3 Å². The van der Waals surface area contributed by atoms with Crippen LogP contribution in [0.2, 0.25) is 0 Å². The number of ether oxygens (including phenoxy) is 1. The summed E-state index contributed by atoms with van der Waals surface area (Å²) in [7, 11) is 1.52. The summed E-state index contributed by atoms with van der Waals surface area (Å²) < 4.78 is 6.04. The zero-order valence-electron chi connectivity index (χ0n) is 11.5. The molecule has 1 fully saturated rings. The zero-order chi connectivity index (χ0) is 15.4. The van der Waals surface area contributed by atoms with Gasteiger partial charge in [-0.1, -0.05) is 34.1 Å². The molecule has 0 bridgehead atoms. The molecular weight excluding hydrogens is 338 g/mol. The van der Waals surface area contributed by atoms with Crippen molar-refractivity contribution in [2.45, 2.75) is 18.6 Å². The summed E-state index contributed by atoms with van der Waals surface area (Å²) in [4.78, 5) is 24.8. The summed E-state index contributed by atoms with van der Waals surface area (Å²) in [5.74, 6) is -1.32. The first-order chi connectivity index (χ1) is 10.0. The second-order valence-electron chi connectivity index (χ2n) is 4.79. The van der Waals surface area contributed by atoms with E-state index in [1.807, 2.05) is 24.3 Å². The van der Waals surface area contributed by atoms with Gasteiger partial charge in [-0.25, -0.2) is 4.79 Å². The van der Waals surface area contributed by atoms with Gasteiger partial charge in [0.15, 0.2) is 0 Å². The van der Waals surface area contributed by atoms with E-state index in [4.69, 9.17) is 4.74 Å². The first kappa shape index (κ1) is 15.7. The number of nitrogens with zero attached hydrogens (tertiary/aromatic N) is 1. The van der Waals surface area contributed by atoms with Crippen LogP contribution in [0.4, 0.5) is 0 Å². The van der Waals surface area contributed by atoms with Crippen LogP contribution in [0.25, 0.3) is 6.08 Å². The minimum absolute atomic E-state index is 0.230. The lowest BCUT2D eigenvalue weighted by Gasteiger charge is -2.19. The van der Waals surface area contributed by atoms with E-state index in [9.17, 15) is 14.7 Å². The van der Waals surface area contributed by atoms with Gasteiger partial charge in [-0.15, -0.1) is 0 Å². The average Bonchev–Trinajstić information content (AvgIpc) is 2.90. The SMILES string of the molecule is COC1CC(C(=O)O)N(C(=O)/C=C/c2ccccc2Br)C1. The van der Waals surface area contributed by atoms with Gasteiger partial charge in [-0.2, -0.15) is 0 Å². The Balaban J connectivity index is 2.12. The van der Waals surface area contributed by atoms with Crippen LogP contribution in [-0.4, -0.2) is 47.7 Å². The molecule has 0 saturated carbocycles. The minimum Gasteiger partial charge on any atom is -0.480 e. The van der Waals surface area contributed by atoms with Gasteiger partial charge in [-0.3, -0.25) is 4.79 Å². The molecule has 2 rings (SSSR count). The Labute approximate surface area is 131 Å². The Hall–Kier alpha value is -1.66. The van der Waals surface area contributed by atoms with Crippen molar-refractivity contribution in [2.75, 3.05) is 13.7 Å². The van der Waals surface area contributed by atoms with Crippen molar-refractivity contribution >= 4 is 33.9 Å². The highest BCUT2D eigenvalue weighted by Crippen LogP contribution is 2.22. The van der Waals surface area contributed by atoms with Crippen molar-refractivity contribution in [2.24, 2.45) is 0 Å². The van der Waals surface area contributed by atoms with Gasteiger partial charge < -0.3 is 14.7 Å². The lowest BCUT2D eigenvalue weighted by atomic mass is 10.2. The predicted molar refractivity (Wildman–Crippen MR) is 81.7 cm³/mol. The molecule has 1 amide bonds. The number of halogens is 1. The number of aliphatic carboxylic acids is 1. The van der Waals surface area contributed by atoms with E-state index in [0.29, 0.717) is 13.0 Å². The number of rotatable bonds is 4. The molecule has 5 nitrogen and oxygen atoms in total. The number of carboxylic acids is 1. The number of hydrogen-bond acceptors (Lipinski definition) is 3. The molecule has 112 valence electrons. The van der Waals surface area contributed by atoms with Gasteiger partial charge in [0.05, 0.1) is 6.10 Å². The fraction of sp³-hybridized carbons (Fsp3) is 0.333. The molecule has 2 atom stereocenters. The van der Waals surface area contributed by atoms with Crippen LogP contribution in [0, 0.1) is 0 Å². The number of carbonyl (C=O) groups is 2. The summed E-state index contributed by atoms with van der Waals surface area (Å²) >= 11 is 3.40. The van der Waals surface area contributed by atoms with Gasteiger partial charge in [0.25, 0.3) is 0 Å². The van der Waals surface area contributed by atoms with Crippen molar-refractivity contribution in [3.8, 4) is 0 Å². The van der Waals surface area contributed by atoms with Crippen LogP contribution in [0.1, 0.15) is 12.0 Å². The number of methoxy groups -OCH3 is 1. The Morgan fingerprint density at radius 2 is 2.14 bits per heavy atom. The first-order valence-electron chi connectivity index (χ1n) is 6.51. The molecule has 0 aromatic heterocycles. The van der Waals surface area contributed by atoms with Crippen LogP contribution in [0.5, 0.6) is 0 Å². The Morgan fingerprint density at radius 1 is 1.43 bits per heavy atom. The van der Waals surface area contributed by atoms with Crippen molar-refractivity contribution in [1.82, 2.24) is 4.90 Å². The molecule has 1 heterocycles. The number of likely N-dealkylation sites (tertiary alicyclic amines) is 1. The molecule has 1 aliphatic heterocycles. The molecule has 0 aliphatic carbocycles. The molecule has 1 aromatic rings. The number of amides is 1. The van der Waals surface area contributed by atoms with E-state index < -0.39 is 12.0 Å². The van der Waals surface area contributed by atoms with Crippen LogP contribution >= 0.6 is 15.9 Å². The summed E-state index contributed by atoms with van der Waals surface area (Å²) in [6, 6.07) is 6.66. The smallest absolute Gasteiger partial charge is 0.326 e. The van der Waals surface area contributed by atoms with Gasteiger partial charge >= 0.3 is 5.97 Å². The third-order valence-corrected chi connectivity index (χ3v) is 4.20. The monoisotopic (exact) mass is 353 g/mol. The Kier molecular flexibility index (Phi) is 5.14. The van der Waals surface area contributed by atoms with E-state index in [-0.39, 0.29) is 12.0 Å². The average molecular weight is 354 g/mol. The van der Waals surface area contributed by atoms with Gasteiger partial charge in [-0.05, 0) is 17.7 Å². The lowest BCUT2D eigenvalue weighted by molar-refractivity contribution is -0.146. The van der Waals surface area contributed by atoms with E-state index in [0.717, 1.165) is 10.0 Å². The molecule has 0 radical (unpaired) electrons. The number of carbonyl (C=O) groups excluding carboxylic acids is 1. The van der Waals surface area contributed by atoms with E-state index in [1.165, 1.54) is 18.1 Å². The highest BCUT2D eigenvalue weighted by atomic mass is 79.9. The van der Waals surface area contributed by atoms with Crippen LogP contribution in [0.15, 0.2) is 34.8 Å². The van der Waals surface area contributed by atoms with Gasteiger partial charge in [0.1, 0.15) is 6.04 Å². The van der Waals surface area contributed by atoms with Gasteiger partial charge in [0, 0.05) is 30.6 Å².